The fourth-order valence-corrected chi connectivity index (χ4v) is 2.38. The molecule has 0 bridgehead atoms. The summed E-state index contributed by atoms with van der Waals surface area (Å²) in [5, 5.41) is 0. The number of fused-ring (bicyclic) bond motifs is 1. The normalized spacial score (nSPS) is 29.8. The summed E-state index contributed by atoms with van der Waals surface area (Å²) in [5.74, 6) is 0.0136. The minimum absolute atomic E-state index is 0.111. The van der Waals surface area contributed by atoms with E-state index in [2.05, 4.69) is 0 Å². The molecule has 0 aromatic rings. The summed E-state index contributed by atoms with van der Waals surface area (Å²) in [6.45, 7) is 2.22. The zero-order valence-electron chi connectivity index (χ0n) is 8.36. The van der Waals surface area contributed by atoms with Crippen LogP contribution in [0.1, 0.15) is 32.6 Å². The molecule has 78 valence electrons. The molecule has 4 heteroatoms. The maximum absolute atomic E-state index is 11.2. The first-order valence-corrected chi connectivity index (χ1v) is 5.19. The van der Waals surface area contributed by atoms with E-state index in [1.54, 1.807) is 6.92 Å². The Bertz CT molecular complexity index is 264. The molecule has 0 aromatic carbocycles. The number of rotatable bonds is 3. The van der Waals surface area contributed by atoms with Crippen LogP contribution in [0.3, 0.4) is 0 Å². The predicted octanol–water partition coefficient (Wildman–Crippen LogP) is 0.703. The number of esters is 1. The van der Waals surface area contributed by atoms with Gasteiger partial charge >= 0.3 is 5.97 Å². The van der Waals surface area contributed by atoms with Crippen molar-refractivity contribution in [2.75, 3.05) is 6.61 Å². The maximum atomic E-state index is 11.2. The van der Waals surface area contributed by atoms with Gasteiger partial charge in [-0.25, -0.2) is 0 Å². The van der Waals surface area contributed by atoms with E-state index < -0.39 is 0 Å². The molecule has 1 amide bonds. The lowest BCUT2D eigenvalue weighted by atomic mass is 10.0. The van der Waals surface area contributed by atoms with Gasteiger partial charge in [0.15, 0.2) is 0 Å². The molecule has 2 heterocycles. The highest BCUT2D eigenvalue weighted by Crippen LogP contribution is 2.36. The van der Waals surface area contributed by atoms with Crippen molar-refractivity contribution in [3.63, 3.8) is 0 Å². The van der Waals surface area contributed by atoms with Crippen LogP contribution < -0.4 is 0 Å². The summed E-state index contributed by atoms with van der Waals surface area (Å²) in [7, 11) is 0. The van der Waals surface area contributed by atoms with Gasteiger partial charge in [0.25, 0.3) is 0 Å². The Hall–Kier alpha value is -1.06. The van der Waals surface area contributed by atoms with E-state index in [1.807, 2.05) is 4.90 Å². The second kappa shape index (κ2) is 3.59. The van der Waals surface area contributed by atoms with Crippen LogP contribution in [0.15, 0.2) is 0 Å². The molecular weight excluding hydrogens is 182 g/mol. The molecule has 4 nitrogen and oxygen atoms in total. The first-order chi connectivity index (χ1) is 6.72. The van der Waals surface area contributed by atoms with Crippen molar-refractivity contribution in [3.05, 3.63) is 0 Å². The molecule has 0 unspecified atom stereocenters. The van der Waals surface area contributed by atoms with Crippen LogP contribution in [-0.2, 0) is 14.3 Å². The summed E-state index contributed by atoms with van der Waals surface area (Å²) in [4.78, 5) is 24.3. The van der Waals surface area contributed by atoms with E-state index in [-0.39, 0.29) is 17.9 Å². The zero-order chi connectivity index (χ0) is 10.1. The van der Waals surface area contributed by atoms with E-state index in [1.165, 1.54) is 0 Å². The molecule has 2 saturated heterocycles. The van der Waals surface area contributed by atoms with E-state index in [9.17, 15) is 9.59 Å². The highest BCUT2D eigenvalue weighted by molar-refractivity contribution is 5.84. The molecule has 2 aliphatic rings. The van der Waals surface area contributed by atoms with Crippen molar-refractivity contribution < 1.29 is 14.3 Å². The summed E-state index contributed by atoms with van der Waals surface area (Å²) in [6, 6.07) is 0.530. The minimum Gasteiger partial charge on any atom is -0.466 e. The SMILES string of the molecule is CCOC(=O)C[C@@H]1CC[C@@H]2CC(=O)N21. The molecule has 0 radical (unpaired) electrons. The lowest BCUT2D eigenvalue weighted by Crippen LogP contribution is -2.52. The van der Waals surface area contributed by atoms with Crippen LogP contribution >= 0.6 is 0 Å². The molecule has 2 atom stereocenters. The van der Waals surface area contributed by atoms with E-state index >= 15 is 0 Å². The van der Waals surface area contributed by atoms with Crippen molar-refractivity contribution in [1.82, 2.24) is 4.90 Å². The Morgan fingerprint density at radius 2 is 2.36 bits per heavy atom. The van der Waals surface area contributed by atoms with Crippen molar-refractivity contribution >= 4 is 11.9 Å². The Labute approximate surface area is 83.2 Å². The number of hydrogen-bond acceptors (Lipinski definition) is 3. The third-order valence-corrected chi connectivity index (χ3v) is 3.03. The van der Waals surface area contributed by atoms with Crippen LogP contribution in [-0.4, -0.2) is 35.5 Å². The zero-order valence-corrected chi connectivity index (χ0v) is 8.36. The standard InChI is InChI=1S/C10H15NO3/c1-2-14-10(13)6-8-4-3-7-5-9(12)11(7)8/h7-8H,2-6H2,1H3/t7-,8+/m1/s1. The molecule has 0 N–H and O–H groups in total. The molecule has 2 aliphatic heterocycles. The van der Waals surface area contributed by atoms with Gasteiger partial charge in [0, 0.05) is 18.5 Å². The fourth-order valence-electron chi connectivity index (χ4n) is 2.38. The van der Waals surface area contributed by atoms with Crippen LogP contribution in [0.4, 0.5) is 0 Å². The van der Waals surface area contributed by atoms with Crippen LogP contribution in [0.25, 0.3) is 0 Å². The number of ether oxygens (including phenoxy) is 1. The van der Waals surface area contributed by atoms with Crippen LogP contribution in [0, 0.1) is 0 Å². The Kier molecular flexibility index (Phi) is 2.44. The average Bonchev–Trinajstić information content (AvgIpc) is 2.41. The number of carbonyl (C=O) groups is 2. The Balaban J connectivity index is 1.87. The Morgan fingerprint density at radius 3 is 3.00 bits per heavy atom. The topological polar surface area (TPSA) is 46.6 Å². The number of hydrogen-bond donors (Lipinski definition) is 0. The number of nitrogens with zero attached hydrogens (tertiary/aromatic N) is 1. The van der Waals surface area contributed by atoms with Gasteiger partial charge in [0.1, 0.15) is 0 Å². The fraction of sp³-hybridized carbons (Fsp3) is 0.800. The van der Waals surface area contributed by atoms with Gasteiger partial charge in [-0.3, -0.25) is 9.59 Å². The van der Waals surface area contributed by atoms with Gasteiger partial charge < -0.3 is 9.64 Å². The van der Waals surface area contributed by atoms with Crippen molar-refractivity contribution in [3.8, 4) is 0 Å². The molecule has 2 fully saturated rings. The van der Waals surface area contributed by atoms with Crippen molar-refractivity contribution in [2.45, 2.75) is 44.7 Å². The smallest absolute Gasteiger partial charge is 0.307 e. The van der Waals surface area contributed by atoms with Crippen LogP contribution in [0.5, 0.6) is 0 Å². The molecule has 0 spiro atoms. The molecule has 0 saturated carbocycles. The second-order valence-electron chi connectivity index (χ2n) is 3.90. The summed E-state index contributed by atoms with van der Waals surface area (Å²) >= 11 is 0. The molecule has 14 heavy (non-hydrogen) atoms. The van der Waals surface area contributed by atoms with Crippen molar-refractivity contribution in [2.24, 2.45) is 0 Å². The monoisotopic (exact) mass is 197 g/mol. The summed E-state index contributed by atoms with van der Waals surface area (Å²) in [5.41, 5.74) is 0. The van der Waals surface area contributed by atoms with Gasteiger partial charge in [0.2, 0.25) is 5.91 Å². The maximum Gasteiger partial charge on any atom is 0.307 e. The summed E-state index contributed by atoms with van der Waals surface area (Å²) in [6.07, 6.45) is 3.06. The van der Waals surface area contributed by atoms with Gasteiger partial charge in [-0.2, -0.15) is 0 Å². The highest BCUT2D eigenvalue weighted by Gasteiger charge is 2.45. The first-order valence-electron chi connectivity index (χ1n) is 5.19. The largest absolute Gasteiger partial charge is 0.466 e. The summed E-state index contributed by atoms with van der Waals surface area (Å²) < 4.78 is 4.87. The van der Waals surface area contributed by atoms with E-state index in [0.717, 1.165) is 12.8 Å². The third kappa shape index (κ3) is 1.49. The highest BCUT2D eigenvalue weighted by atomic mass is 16.5. The number of amides is 1. The first kappa shape index (κ1) is 9.49. The molecule has 0 aliphatic carbocycles. The average molecular weight is 197 g/mol. The Morgan fingerprint density at radius 1 is 1.57 bits per heavy atom. The predicted molar refractivity (Wildman–Crippen MR) is 49.5 cm³/mol. The minimum atomic E-state index is -0.183. The third-order valence-electron chi connectivity index (χ3n) is 3.03. The lowest BCUT2D eigenvalue weighted by molar-refractivity contribution is -0.150. The molecule has 0 aromatic heterocycles. The quantitative estimate of drug-likeness (QED) is 0.494. The second-order valence-corrected chi connectivity index (χ2v) is 3.90. The van der Waals surface area contributed by atoms with Gasteiger partial charge in [-0.1, -0.05) is 0 Å². The van der Waals surface area contributed by atoms with Gasteiger partial charge in [-0.05, 0) is 19.8 Å². The van der Waals surface area contributed by atoms with Crippen molar-refractivity contribution in [1.29, 1.82) is 0 Å². The van der Waals surface area contributed by atoms with Gasteiger partial charge in [-0.15, -0.1) is 0 Å². The molecule has 2 rings (SSSR count). The lowest BCUT2D eigenvalue weighted by Gasteiger charge is -2.38. The van der Waals surface area contributed by atoms with E-state index in [0.29, 0.717) is 25.5 Å². The van der Waals surface area contributed by atoms with Gasteiger partial charge in [0.05, 0.1) is 13.0 Å². The molecular formula is C10H15NO3. The number of β-lactam (4-membered cyclic amide) rings is 1. The number of carbonyl (C=O) groups excluding carboxylic acids is 2. The van der Waals surface area contributed by atoms with E-state index in [4.69, 9.17) is 4.74 Å². The van der Waals surface area contributed by atoms with Crippen LogP contribution in [0.2, 0.25) is 0 Å².